The summed E-state index contributed by atoms with van der Waals surface area (Å²) in [5.41, 5.74) is 4.23. The molecule has 0 aromatic heterocycles. The average molecular weight is 354 g/mol. The number of nitrogens with one attached hydrogen (secondary N) is 2. The highest BCUT2D eigenvalue weighted by Gasteiger charge is 2.39. The number of carbonyl (C=O) groups is 1. The number of rotatable bonds is 2. The Morgan fingerprint density at radius 2 is 1.78 bits per heavy atom. The van der Waals surface area contributed by atoms with Crippen molar-refractivity contribution in [2.75, 3.05) is 12.4 Å². The maximum Gasteiger partial charge on any atom is 0.253 e. The molecule has 1 heterocycles. The summed E-state index contributed by atoms with van der Waals surface area (Å²) in [6.07, 6.45) is 5.65. The van der Waals surface area contributed by atoms with E-state index in [1.165, 1.54) is 21.9 Å². The summed E-state index contributed by atoms with van der Waals surface area (Å²) in [5.74, 6) is 0.759. The highest BCUT2D eigenvalue weighted by atomic mass is 16.1. The van der Waals surface area contributed by atoms with Gasteiger partial charge in [0.2, 0.25) is 0 Å². The van der Waals surface area contributed by atoms with Crippen LogP contribution in [0.15, 0.2) is 72.8 Å². The zero-order valence-electron chi connectivity index (χ0n) is 15.3. The summed E-state index contributed by atoms with van der Waals surface area (Å²) < 4.78 is 0. The molecule has 3 aromatic rings. The van der Waals surface area contributed by atoms with E-state index in [-0.39, 0.29) is 11.9 Å². The fourth-order valence-corrected chi connectivity index (χ4v) is 4.77. The Morgan fingerprint density at radius 3 is 2.67 bits per heavy atom. The van der Waals surface area contributed by atoms with Crippen molar-refractivity contribution in [3.05, 3.63) is 89.5 Å². The van der Waals surface area contributed by atoms with Gasteiger partial charge in [-0.2, -0.15) is 0 Å². The molecule has 3 aromatic carbocycles. The predicted molar refractivity (Wildman–Crippen MR) is 110 cm³/mol. The number of amides is 1. The van der Waals surface area contributed by atoms with Gasteiger partial charge in [-0.15, -0.1) is 0 Å². The van der Waals surface area contributed by atoms with Crippen LogP contribution in [-0.4, -0.2) is 13.0 Å². The standard InChI is InChI=1S/C24H22N2O/c1-25-24(27)21-14-6-13-20-17-10-5-12-19(17)22(26-23(20)21)18-11-4-8-15-7-2-3-9-16(15)18/h2-11,13-14,17,19,22,26H,12H2,1H3,(H,25,27). The summed E-state index contributed by atoms with van der Waals surface area (Å²) in [7, 11) is 1.69. The zero-order valence-corrected chi connectivity index (χ0v) is 15.3. The monoisotopic (exact) mass is 354 g/mol. The first-order chi connectivity index (χ1) is 13.3. The molecule has 0 fully saturated rings. The van der Waals surface area contributed by atoms with E-state index in [9.17, 15) is 4.79 Å². The first kappa shape index (κ1) is 16.1. The van der Waals surface area contributed by atoms with Crippen LogP contribution in [0, 0.1) is 5.92 Å². The van der Waals surface area contributed by atoms with E-state index in [1.54, 1.807) is 7.05 Å². The van der Waals surface area contributed by atoms with Crippen LogP contribution in [0.25, 0.3) is 10.8 Å². The molecule has 0 bridgehead atoms. The van der Waals surface area contributed by atoms with Crippen LogP contribution < -0.4 is 10.6 Å². The molecule has 0 spiro atoms. The quantitative estimate of drug-likeness (QED) is 0.634. The number of hydrogen-bond donors (Lipinski definition) is 2. The topological polar surface area (TPSA) is 41.1 Å². The molecule has 0 radical (unpaired) electrons. The number of carbonyl (C=O) groups excluding carboxylic acids is 1. The molecule has 0 saturated carbocycles. The van der Waals surface area contributed by atoms with Crippen LogP contribution in [0.1, 0.15) is 39.9 Å². The van der Waals surface area contributed by atoms with Crippen molar-refractivity contribution in [2.45, 2.75) is 18.4 Å². The van der Waals surface area contributed by atoms with Crippen LogP contribution in [0.4, 0.5) is 5.69 Å². The van der Waals surface area contributed by atoms with Gasteiger partial charge in [0, 0.05) is 13.0 Å². The van der Waals surface area contributed by atoms with Gasteiger partial charge in [0.25, 0.3) is 5.91 Å². The molecule has 3 atom stereocenters. The molecule has 27 heavy (non-hydrogen) atoms. The summed E-state index contributed by atoms with van der Waals surface area (Å²) in [5, 5.41) is 9.07. The molecule has 1 aliphatic carbocycles. The number of fused-ring (bicyclic) bond motifs is 4. The Morgan fingerprint density at radius 1 is 1.00 bits per heavy atom. The summed E-state index contributed by atoms with van der Waals surface area (Å²) in [6, 6.07) is 21.3. The predicted octanol–water partition coefficient (Wildman–Crippen LogP) is 5.03. The van der Waals surface area contributed by atoms with E-state index in [2.05, 4.69) is 71.3 Å². The van der Waals surface area contributed by atoms with Crippen molar-refractivity contribution in [3.63, 3.8) is 0 Å². The third-order valence-electron chi connectivity index (χ3n) is 6.03. The molecule has 5 rings (SSSR count). The molecule has 3 heteroatoms. The van der Waals surface area contributed by atoms with E-state index in [0.29, 0.717) is 11.8 Å². The molecule has 134 valence electrons. The van der Waals surface area contributed by atoms with Gasteiger partial charge in [0.15, 0.2) is 0 Å². The first-order valence-corrected chi connectivity index (χ1v) is 9.54. The van der Waals surface area contributed by atoms with E-state index in [0.717, 1.165) is 17.7 Å². The summed E-state index contributed by atoms with van der Waals surface area (Å²) >= 11 is 0. The Kier molecular flexibility index (Phi) is 3.75. The first-order valence-electron chi connectivity index (χ1n) is 9.54. The van der Waals surface area contributed by atoms with Gasteiger partial charge < -0.3 is 10.6 Å². The van der Waals surface area contributed by atoms with Gasteiger partial charge in [-0.3, -0.25) is 4.79 Å². The second-order valence-electron chi connectivity index (χ2n) is 7.39. The summed E-state index contributed by atoms with van der Waals surface area (Å²) in [4.78, 5) is 12.5. The van der Waals surface area contributed by atoms with Crippen molar-refractivity contribution < 1.29 is 4.79 Å². The van der Waals surface area contributed by atoms with Crippen molar-refractivity contribution in [3.8, 4) is 0 Å². The minimum Gasteiger partial charge on any atom is -0.377 e. The van der Waals surface area contributed by atoms with E-state index >= 15 is 0 Å². The third kappa shape index (κ3) is 2.46. The molecular weight excluding hydrogens is 332 g/mol. The Labute approximate surface area is 159 Å². The van der Waals surface area contributed by atoms with Crippen LogP contribution in [-0.2, 0) is 0 Å². The SMILES string of the molecule is CNC(=O)c1cccc2c1NC(c1cccc3ccccc13)C1CC=CC21. The Bertz CT molecular complexity index is 1060. The van der Waals surface area contributed by atoms with Crippen LogP contribution in [0.2, 0.25) is 0 Å². The molecule has 1 aliphatic heterocycles. The number of anilines is 1. The normalized spacial score (nSPS) is 22.8. The lowest BCUT2D eigenvalue weighted by Gasteiger charge is -2.38. The second kappa shape index (κ2) is 6.27. The maximum absolute atomic E-state index is 12.5. The van der Waals surface area contributed by atoms with Crippen LogP contribution in [0.3, 0.4) is 0 Å². The van der Waals surface area contributed by atoms with Crippen LogP contribution >= 0.6 is 0 Å². The van der Waals surface area contributed by atoms with E-state index in [4.69, 9.17) is 0 Å². The van der Waals surface area contributed by atoms with E-state index < -0.39 is 0 Å². The van der Waals surface area contributed by atoms with Gasteiger partial charge >= 0.3 is 0 Å². The van der Waals surface area contributed by atoms with Crippen molar-refractivity contribution >= 4 is 22.4 Å². The van der Waals surface area contributed by atoms with E-state index in [1.807, 2.05) is 12.1 Å². The van der Waals surface area contributed by atoms with Gasteiger partial charge in [0.1, 0.15) is 0 Å². The highest BCUT2D eigenvalue weighted by Crippen LogP contribution is 2.51. The molecule has 2 aliphatic rings. The van der Waals surface area contributed by atoms with Gasteiger partial charge in [-0.25, -0.2) is 0 Å². The molecule has 1 amide bonds. The Balaban J connectivity index is 1.69. The Hall–Kier alpha value is -3.07. The maximum atomic E-state index is 12.5. The van der Waals surface area contributed by atoms with Gasteiger partial charge in [-0.05, 0) is 40.3 Å². The van der Waals surface area contributed by atoms with Crippen molar-refractivity contribution in [2.24, 2.45) is 5.92 Å². The molecule has 2 N–H and O–H groups in total. The fraction of sp³-hybridized carbons (Fsp3) is 0.208. The third-order valence-corrected chi connectivity index (χ3v) is 6.03. The number of hydrogen-bond acceptors (Lipinski definition) is 2. The minimum atomic E-state index is -0.0450. The zero-order chi connectivity index (χ0) is 18.4. The lowest BCUT2D eigenvalue weighted by Crippen LogP contribution is -2.31. The molecule has 0 saturated heterocycles. The van der Waals surface area contributed by atoms with Crippen molar-refractivity contribution in [1.29, 1.82) is 0 Å². The molecule has 3 unspecified atom stereocenters. The number of allylic oxidation sites excluding steroid dienone is 2. The largest absolute Gasteiger partial charge is 0.377 e. The molecular formula is C24H22N2O. The molecule has 3 nitrogen and oxygen atoms in total. The smallest absolute Gasteiger partial charge is 0.253 e. The van der Waals surface area contributed by atoms with Crippen LogP contribution in [0.5, 0.6) is 0 Å². The lowest BCUT2D eigenvalue weighted by atomic mass is 9.75. The second-order valence-corrected chi connectivity index (χ2v) is 7.39. The summed E-state index contributed by atoms with van der Waals surface area (Å²) in [6.45, 7) is 0. The van der Waals surface area contributed by atoms with Gasteiger partial charge in [-0.1, -0.05) is 66.7 Å². The van der Waals surface area contributed by atoms with Gasteiger partial charge in [0.05, 0.1) is 17.3 Å². The van der Waals surface area contributed by atoms with Crippen molar-refractivity contribution in [1.82, 2.24) is 5.32 Å². The minimum absolute atomic E-state index is 0.0450. The number of benzene rings is 3. The lowest BCUT2D eigenvalue weighted by molar-refractivity contribution is 0.0963. The fourth-order valence-electron chi connectivity index (χ4n) is 4.77. The average Bonchev–Trinajstić information content (AvgIpc) is 3.22. The number of para-hydroxylation sites is 1. The highest BCUT2D eigenvalue weighted by molar-refractivity contribution is 6.00.